The second kappa shape index (κ2) is 4.94. The zero-order chi connectivity index (χ0) is 13.3. The molecule has 0 radical (unpaired) electrons. The third kappa shape index (κ3) is 2.06. The van der Waals surface area contributed by atoms with Crippen molar-refractivity contribution in [3.8, 4) is 0 Å². The molecule has 1 aliphatic rings. The van der Waals surface area contributed by atoms with Gasteiger partial charge in [-0.05, 0) is 37.7 Å². The number of furan rings is 1. The van der Waals surface area contributed by atoms with E-state index in [0.717, 1.165) is 6.42 Å². The molecule has 5 heteroatoms. The number of nitrogens with zero attached hydrogens (tertiary/aromatic N) is 2. The SMILES string of the molecule is CC[C@H](C)N1C(=O)/C(=C\c2ccco2)N(C)C1=S. The summed E-state index contributed by atoms with van der Waals surface area (Å²) >= 11 is 5.32. The van der Waals surface area contributed by atoms with E-state index in [-0.39, 0.29) is 11.9 Å². The van der Waals surface area contributed by atoms with Gasteiger partial charge < -0.3 is 9.32 Å². The number of rotatable bonds is 3. The number of hydrogen-bond acceptors (Lipinski definition) is 3. The summed E-state index contributed by atoms with van der Waals surface area (Å²) in [5, 5.41) is 0.548. The molecule has 96 valence electrons. The molecular formula is C13H16N2O2S. The summed E-state index contributed by atoms with van der Waals surface area (Å²) < 4.78 is 5.23. The highest BCUT2D eigenvalue weighted by atomic mass is 32.1. The highest BCUT2D eigenvalue weighted by molar-refractivity contribution is 7.80. The highest BCUT2D eigenvalue weighted by Gasteiger charge is 2.38. The van der Waals surface area contributed by atoms with Crippen LogP contribution in [0.3, 0.4) is 0 Å². The Labute approximate surface area is 112 Å². The van der Waals surface area contributed by atoms with Crippen LogP contribution in [0.15, 0.2) is 28.5 Å². The molecule has 0 unspecified atom stereocenters. The Morgan fingerprint density at radius 1 is 1.56 bits per heavy atom. The van der Waals surface area contributed by atoms with E-state index < -0.39 is 0 Å². The van der Waals surface area contributed by atoms with Crippen molar-refractivity contribution >= 4 is 29.3 Å². The molecule has 2 rings (SSSR count). The van der Waals surface area contributed by atoms with E-state index in [1.807, 2.05) is 19.9 Å². The highest BCUT2D eigenvalue weighted by Crippen LogP contribution is 2.24. The van der Waals surface area contributed by atoms with Gasteiger partial charge in [0.05, 0.1) is 6.26 Å². The predicted molar refractivity (Wildman–Crippen MR) is 73.6 cm³/mol. The van der Waals surface area contributed by atoms with E-state index in [1.165, 1.54) is 0 Å². The Morgan fingerprint density at radius 2 is 2.28 bits per heavy atom. The molecule has 0 aromatic carbocycles. The van der Waals surface area contributed by atoms with Crippen LogP contribution in [0.4, 0.5) is 0 Å². The second-order valence-electron chi connectivity index (χ2n) is 4.32. The Kier molecular flexibility index (Phi) is 3.52. The molecule has 1 fully saturated rings. The van der Waals surface area contributed by atoms with E-state index in [9.17, 15) is 4.79 Å². The van der Waals surface area contributed by atoms with Gasteiger partial charge in [0.15, 0.2) is 5.11 Å². The molecule has 18 heavy (non-hydrogen) atoms. The van der Waals surface area contributed by atoms with Gasteiger partial charge in [0.1, 0.15) is 11.5 Å². The number of carbonyl (C=O) groups is 1. The van der Waals surface area contributed by atoms with Gasteiger partial charge in [0, 0.05) is 19.2 Å². The molecule has 4 nitrogen and oxygen atoms in total. The Balaban J connectivity index is 2.34. The zero-order valence-corrected chi connectivity index (χ0v) is 11.5. The minimum absolute atomic E-state index is 0.0618. The quantitative estimate of drug-likeness (QED) is 0.621. The van der Waals surface area contributed by atoms with Crippen LogP contribution in [0.5, 0.6) is 0 Å². The number of thiocarbonyl (C=S) groups is 1. The average Bonchev–Trinajstić information content (AvgIpc) is 2.93. The lowest BCUT2D eigenvalue weighted by Crippen LogP contribution is -2.38. The first kappa shape index (κ1) is 12.8. The molecule has 0 saturated carbocycles. The fourth-order valence-electron chi connectivity index (χ4n) is 1.86. The van der Waals surface area contributed by atoms with Gasteiger partial charge in [0.2, 0.25) is 0 Å². The van der Waals surface area contributed by atoms with Crippen LogP contribution in [0.2, 0.25) is 0 Å². The summed E-state index contributed by atoms with van der Waals surface area (Å²) in [6, 6.07) is 3.70. The average molecular weight is 264 g/mol. The first-order valence-electron chi connectivity index (χ1n) is 5.92. The van der Waals surface area contributed by atoms with E-state index in [1.54, 1.807) is 35.3 Å². The van der Waals surface area contributed by atoms with Crippen molar-refractivity contribution in [3.05, 3.63) is 29.9 Å². The van der Waals surface area contributed by atoms with Crippen molar-refractivity contribution in [2.45, 2.75) is 26.3 Å². The maximum Gasteiger partial charge on any atom is 0.277 e. The Morgan fingerprint density at radius 3 is 2.83 bits per heavy atom. The minimum atomic E-state index is -0.0618. The van der Waals surface area contributed by atoms with Gasteiger partial charge in [-0.3, -0.25) is 9.69 Å². The molecule has 1 aromatic rings. The lowest BCUT2D eigenvalue weighted by atomic mass is 10.2. The van der Waals surface area contributed by atoms with Gasteiger partial charge in [-0.2, -0.15) is 0 Å². The molecule has 1 saturated heterocycles. The van der Waals surface area contributed by atoms with Crippen molar-refractivity contribution < 1.29 is 9.21 Å². The maximum atomic E-state index is 12.3. The minimum Gasteiger partial charge on any atom is -0.465 e. The fourth-order valence-corrected chi connectivity index (χ4v) is 2.22. The van der Waals surface area contributed by atoms with Crippen LogP contribution in [0, 0.1) is 0 Å². The van der Waals surface area contributed by atoms with Crippen LogP contribution in [-0.4, -0.2) is 33.9 Å². The lowest BCUT2D eigenvalue weighted by Gasteiger charge is -2.22. The van der Waals surface area contributed by atoms with Crippen molar-refractivity contribution in [1.29, 1.82) is 0 Å². The molecule has 2 heterocycles. The lowest BCUT2D eigenvalue weighted by molar-refractivity contribution is -0.123. The molecule has 1 atom stereocenters. The summed E-state index contributed by atoms with van der Waals surface area (Å²) in [5.74, 6) is 0.590. The van der Waals surface area contributed by atoms with Gasteiger partial charge in [-0.25, -0.2) is 0 Å². The molecular weight excluding hydrogens is 248 g/mol. The zero-order valence-electron chi connectivity index (χ0n) is 10.7. The first-order valence-corrected chi connectivity index (χ1v) is 6.33. The molecule has 0 spiro atoms. The van der Waals surface area contributed by atoms with Crippen molar-refractivity contribution in [2.75, 3.05) is 7.05 Å². The predicted octanol–water partition coefficient (Wildman–Crippen LogP) is 2.48. The van der Waals surface area contributed by atoms with Crippen LogP contribution in [0.1, 0.15) is 26.0 Å². The summed E-state index contributed by atoms with van der Waals surface area (Å²) in [4.78, 5) is 15.7. The second-order valence-corrected chi connectivity index (χ2v) is 4.68. The van der Waals surface area contributed by atoms with Gasteiger partial charge in [-0.1, -0.05) is 6.92 Å². The topological polar surface area (TPSA) is 36.7 Å². The summed E-state index contributed by atoms with van der Waals surface area (Å²) in [6.45, 7) is 4.03. The first-order chi connectivity index (χ1) is 8.56. The fraction of sp³-hybridized carbons (Fsp3) is 0.385. The summed E-state index contributed by atoms with van der Waals surface area (Å²) in [7, 11) is 1.80. The largest absolute Gasteiger partial charge is 0.465 e. The van der Waals surface area contributed by atoms with Crippen LogP contribution in [0.25, 0.3) is 6.08 Å². The molecule has 0 aliphatic carbocycles. The van der Waals surface area contributed by atoms with Crippen LogP contribution in [-0.2, 0) is 4.79 Å². The number of likely N-dealkylation sites (N-methyl/N-ethyl adjacent to an activating group) is 1. The normalized spacial score (nSPS) is 20.1. The standard InChI is InChI=1S/C13H16N2O2S/c1-4-9(2)15-12(16)11(14(3)13(15)18)8-10-6-5-7-17-10/h5-9H,4H2,1-3H3/b11-8+/t9-/m0/s1. The van der Waals surface area contributed by atoms with Crippen LogP contribution >= 0.6 is 12.2 Å². The number of carbonyl (C=O) groups excluding carboxylic acids is 1. The molecule has 0 N–H and O–H groups in total. The number of amides is 1. The van der Waals surface area contributed by atoms with E-state index in [2.05, 4.69) is 0 Å². The van der Waals surface area contributed by atoms with E-state index >= 15 is 0 Å². The molecule has 1 aromatic heterocycles. The Bertz CT molecular complexity index is 493. The van der Waals surface area contributed by atoms with E-state index in [4.69, 9.17) is 16.6 Å². The molecule has 1 aliphatic heterocycles. The molecule has 1 amide bonds. The van der Waals surface area contributed by atoms with Crippen LogP contribution < -0.4 is 0 Å². The number of hydrogen-bond donors (Lipinski definition) is 0. The van der Waals surface area contributed by atoms with Gasteiger partial charge in [0.25, 0.3) is 5.91 Å². The third-order valence-electron chi connectivity index (χ3n) is 3.15. The van der Waals surface area contributed by atoms with Gasteiger partial charge in [-0.15, -0.1) is 0 Å². The van der Waals surface area contributed by atoms with Gasteiger partial charge >= 0.3 is 0 Å². The van der Waals surface area contributed by atoms with Crippen molar-refractivity contribution in [1.82, 2.24) is 9.80 Å². The monoisotopic (exact) mass is 264 g/mol. The van der Waals surface area contributed by atoms with Crippen molar-refractivity contribution in [2.24, 2.45) is 0 Å². The maximum absolute atomic E-state index is 12.3. The van der Waals surface area contributed by atoms with Crippen molar-refractivity contribution in [3.63, 3.8) is 0 Å². The summed E-state index contributed by atoms with van der Waals surface area (Å²) in [6.07, 6.45) is 4.17. The summed E-state index contributed by atoms with van der Waals surface area (Å²) in [5.41, 5.74) is 0.551. The van der Waals surface area contributed by atoms with E-state index in [0.29, 0.717) is 16.6 Å². The third-order valence-corrected chi connectivity index (χ3v) is 3.62. The Hall–Kier alpha value is -1.62. The molecule has 0 bridgehead atoms. The smallest absolute Gasteiger partial charge is 0.277 e.